The SMILES string of the molecule is O=C1OCC23C=CC(C=C12)O3. The molecular weight excluding hydrogens is 144 g/mol. The standard InChI is InChI=1S/C8H6O3/c9-7-6-3-5-1-2-8(6,11-5)4-10-7/h1-3,5H,4H2. The lowest BCUT2D eigenvalue weighted by molar-refractivity contribution is -0.135. The Kier molecular flexibility index (Phi) is 0.709. The van der Waals surface area contributed by atoms with Crippen molar-refractivity contribution < 1.29 is 14.3 Å². The topological polar surface area (TPSA) is 35.5 Å². The molecule has 0 aromatic heterocycles. The third-order valence-electron chi connectivity index (χ3n) is 2.33. The van der Waals surface area contributed by atoms with Crippen molar-refractivity contribution in [3.8, 4) is 0 Å². The van der Waals surface area contributed by atoms with Gasteiger partial charge in [0.1, 0.15) is 6.61 Å². The van der Waals surface area contributed by atoms with E-state index in [-0.39, 0.29) is 12.1 Å². The fourth-order valence-corrected chi connectivity index (χ4v) is 1.77. The maximum atomic E-state index is 11.0. The molecule has 3 nitrogen and oxygen atoms in total. The van der Waals surface area contributed by atoms with Gasteiger partial charge in [-0.1, -0.05) is 6.08 Å². The largest absolute Gasteiger partial charge is 0.458 e. The molecular formula is C8H6O3. The Morgan fingerprint density at radius 2 is 2.55 bits per heavy atom. The normalized spacial score (nSPS) is 44.2. The van der Waals surface area contributed by atoms with Gasteiger partial charge in [0.15, 0.2) is 5.60 Å². The first-order valence-electron chi connectivity index (χ1n) is 3.57. The van der Waals surface area contributed by atoms with Crippen molar-refractivity contribution in [2.45, 2.75) is 11.7 Å². The fourth-order valence-electron chi connectivity index (χ4n) is 1.77. The van der Waals surface area contributed by atoms with Crippen LogP contribution >= 0.6 is 0 Å². The number of esters is 1. The highest BCUT2D eigenvalue weighted by atomic mass is 16.6. The Morgan fingerprint density at radius 3 is 3.27 bits per heavy atom. The molecule has 0 amide bonds. The summed E-state index contributed by atoms with van der Waals surface area (Å²) >= 11 is 0. The molecule has 0 saturated carbocycles. The molecule has 56 valence electrons. The number of cyclic esters (lactones) is 1. The Labute approximate surface area is 63.3 Å². The second-order valence-corrected chi connectivity index (χ2v) is 2.99. The molecule has 2 unspecified atom stereocenters. The van der Waals surface area contributed by atoms with Crippen LogP contribution in [0.25, 0.3) is 0 Å². The van der Waals surface area contributed by atoms with Crippen LogP contribution in [0.2, 0.25) is 0 Å². The van der Waals surface area contributed by atoms with Gasteiger partial charge in [-0.25, -0.2) is 4.79 Å². The highest BCUT2D eigenvalue weighted by Gasteiger charge is 2.53. The quantitative estimate of drug-likeness (QED) is 0.365. The van der Waals surface area contributed by atoms with Gasteiger partial charge in [0, 0.05) is 0 Å². The van der Waals surface area contributed by atoms with Crippen LogP contribution in [0.4, 0.5) is 0 Å². The Balaban J connectivity index is 2.20. The lowest BCUT2D eigenvalue weighted by Crippen LogP contribution is -2.26. The van der Waals surface area contributed by atoms with Crippen LogP contribution in [0.3, 0.4) is 0 Å². The maximum absolute atomic E-state index is 11.0. The number of fused-ring (bicyclic) bond motifs is 1. The average Bonchev–Trinajstić information content (AvgIpc) is 2.62. The minimum atomic E-state index is -0.498. The summed E-state index contributed by atoms with van der Waals surface area (Å²) in [5.41, 5.74) is 0.187. The summed E-state index contributed by atoms with van der Waals surface area (Å²) in [7, 11) is 0. The second kappa shape index (κ2) is 1.41. The first-order valence-corrected chi connectivity index (χ1v) is 3.57. The van der Waals surface area contributed by atoms with E-state index in [1.54, 1.807) is 0 Å². The number of hydrogen-bond donors (Lipinski definition) is 0. The van der Waals surface area contributed by atoms with Crippen LogP contribution in [0.1, 0.15) is 0 Å². The van der Waals surface area contributed by atoms with E-state index in [2.05, 4.69) is 0 Å². The zero-order chi connectivity index (χ0) is 7.47. The molecule has 11 heavy (non-hydrogen) atoms. The number of hydrogen-bond acceptors (Lipinski definition) is 3. The van der Waals surface area contributed by atoms with Crippen molar-refractivity contribution in [3.63, 3.8) is 0 Å². The number of carbonyl (C=O) groups is 1. The number of ether oxygens (including phenoxy) is 2. The highest BCUT2D eigenvalue weighted by molar-refractivity contribution is 5.95. The molecule has 1 spiro atoms. The van der Waals surface area contributed by atoms with E-state index in [1.807, 2.05) is 18.2 Å². The molecule has 3 rings (SSSR count). The van der Waals surface area contributed by atoms with Crippen LogP contribution in [0, 0.1) is 0 Å². The van der Waals surface area contributed by atoms with E-state index in [4.69, 9.17) is 9.47 Å². The third-order valence-corrected chi connectivity index (χ3v) is 2.33. The second-order valence-electron chi connectivity index (χ2n) is 2.99. The fraction of sp³-hybridized carbons (Fsp3) is 0.375. The van der Waals surface area contributed by atoms with Crippen LogP contribution in [-0.4, -0.2) is 24.3 Å². The Morgan fingerprint density at radius 1 is 1.64 bits per heavy atom. The van der Waals surface area contributed by atoms with Crippen LogP contribution < -0.4 is 0 Å². The Hall–Kier alpha value is -1.09. The van der Waals surface area contributed by atoms with E-state index in [0.29, 0.717) is 12.2 Å². The molecule has 2 atom stereocenters. The molecule has 0 N–H and O–H groups in total. The van der Waals surface area contributed by atoms with Gasteiger partial charge in [0.25, 0.3) is 0 Å². The van der Waals surface area contributed by atoms with Gasteiger partial charge in [-0.2, -0.15) is 0 Å². The summed E-state index contributed by atoms with van der Waals surface area (Å²) < 4.78 is 10.4. The van der Waals surface area contributed by atoms with Gasteiger partial charge in [0.05, 0.1) is 11.7 Å². The third kappa shape index (κ3) is 0.476. The average molecular weight is 150 g/mol. The number of rotatable bonds is 0. The smallest absolute Gasteiger partial charge is 0.337 e. The first kappa shape index (κ1) is 5.55. The van der Waals surface area contributed by atoms with Gasteiger partial charge >= 0.3 is 5.97 Å². The molecule has 3 heteroatoms. The summed E-state index contributed by atoms with van der Waals surface area (Å²) in [6.07, 6.45) is 5.71. The van der Waals surface area contributed by atoms with Crippen molar-refractivity contribution in [2.75, 3.05) is 6.61 Å². The monoisotopic (exact) mass is 150 g/mol. The highest BCUT2D eigenvalue weighted by Crippen LogP contribution is 2.42. The number of carbonyl (C=O) groups excluding carboxylic acids is 1. The molecule has 0 aliphatic carbocycles. The lowest BCUT2D eigenvalue weighted by atomic mass is 9.95. The predicted molar refractivity (Wildman–Crippen MR) is 35.8 cm³/mol. The van der Waals surface area contributed by atoms with E-state index in [1.165, 1.54) is 0 Å². The van der Waals surface area contributed by atoms with Gasteiger partial charge in [-0.05, 0) is 12.2 Å². The minimum Gasteiger partial charge on any atom is -0.458 e. The molecule has 1 fully saturated rings. The molecule has 3 aliphatic heterocycles. The zero-order valence-corrected chi connectivity index (χ0v) is 5.74. The summed E-state index contributed by atoms with van der Waals surface area (Å²) in [4.78, 5) is 11.0. The van der Waals surface area contributed by atoms with Crippen LogP contribution in [-0.2, 0) is 14.3 Å². The van der Waals surface area contributed by atoms with Gasteiger partial charge < -0.3 is 9.47 Å². The van der Waals surface area contributed by atoms with Gasteiger partial charge in [0.2, 0.25) is 0 Å². The van der Waals surface area contributed by atoms with E-state index < -0.39 is 5.60 Å². The maximum Gasteiger partial charge on any atom is 0.337 e. The van der Waals surface area contributed by atoms with E-state index >= 15 is 0 Å². The Bertz CT molecular complexity index is 302. The summed E-state index contributed by atoms with van der Waals surface area (Å²) in [6.45, 7) is 0.352. The summed E-state index contributed by atoms with van der Waals surface area (Å²) in [5, 5.41) is 0. The van der Waals surface area contributed by atoms with Crippen LogP contribution in [0.5, 0.6) is 0 Å². The summed E-state index contributed by atoms with van der Waals surface area (Å²) in [6, 6.07) is 0. The van der Waals surface area contributed by atoms with Crippen LogP contribution in [0.15, 0.2) is 23.8 Å². The zero-order valence-electron chi connectivity index (χ0n) is 5.74. The molecule has 2 bridgehead atoms. The first-order chi connectivity index (χ1) is 5.30. The van der Waals surface area contributed by atoms with E-state index in [0.717, 1.165) is 0 Å². The van der Waals surface area contributed by atoms with Crippen molar-refractivity contribution in [3.05, 3.63) is 23.8 Å². The lowest BCUT2D eigenvalue weighted by Gasteiger charge is -2.13. The molecule has 0 aromatic rings. The molecule has 0 radical (unpaired) electrons. The summed E-state index contributed by atoms with van der Waals surface area (Å²) in [5.74, 6) is -0.225. The van der Waals surface area contributed by atoms with Gasteiger partial charge in [-0.15, -0.1) is 0 Å². The van der Waals surface area contributed by atoms with E-state index in [9.17, 15) is 4.79 Å². The molecule has 0 aromatic carbocycles. The molecule has 1 saturated heterocycles. The van der Waals surface area contributed by atoms with Crippen molar-refractivity contribution in [2.24, 2.45) is 0 Å². The van der Waals surface area contributed by atoms with Crippen molar-refractivity contribution in [1.82, 2.24) is 0 Å². The van der Waals surface area contributed by atoms with Crippen molar-refractivity contribution >= 4 is 5.97 Å². The molecule has 3 aliphatic rings. The predicted octanol–water partition coefficient (Wildman–Crippen LogP) is 0.177. The molecule has 3 heterocycles. The minimum absolute atomic E-state index is 0.0119. The van der Waals surface area contributed by atoms with Gasteiger partial charge in [-0.3, -0.25) is 0 Å². The van der Waals surface area contributed by atoms with Crippen molar-refractivity contribution in [1.29, 1.82) is 0 Å².